The first-order chi connectivity index (χ1) is 7.70. The molecule has 0 aliphatic rings. The van der Waals surface area contributed by atoms with Crippen LogP contribution in [0.2, 0.25) is 0 Å². The molecule has 1 N–H and O–H groups in total. The highest BCUT2D eigenvalue weighted by Gasteiger charge is 2.13. The van der Waals surface area contributed by atoms with E-state index in [9.17, 15) is 5.11 Å². The Morgan fingerprint density at radius 1 is 1.25 bits per heavy atom. The van der Waals surface area contributed by atoms with Gasteiger partial charge in [0.05, 0.1) is 18.2 Å². The van der Waals surface area contributed by atoms with Crippen molar-refractivity contribution in [3.63, 3.8) is 0 Å². The van der Waals surface area contributed by atoms with E-state index < -0.39 is 6.10 Å². The quantitative estimate of drug-likeness (QED) is 0.774. The van der Waals surface area contributed by atoms with Crippen molar-refractivity contribution in [1.82, 2.24) is 0 Å². The molecule has 0 bridgehead atoms. The smallest absolute Gasteiger partial charge is 0.106 e. The Bertz CT molecular complexity index is 413. The van der Waals surface area contributed by atoms with Crippen molar-refractivity contribution in [3.8, 4) is 12.1 Å². The van der Waals surface area contributed by atoms with Gasteiger partial charge in [-0.1, -0.05) is 18.2 Å². The second-order valence-corrected chi connectivity index (χ2v) is 3.41. The van der Waals surface area contributed by atoms with Crippen LogP contribution in [-0.4, -0.2) is 18.2 Å². The van der Waals surface area contributed by atoms with Crippen LogP contribution >= 0.6 is 0 Å². The Morgan fingerprint density at radius 2 is 1.81 bits per heavy atom. The molecule has 16 heavy (non-hydrogen) atoms. The van der Waals surface area contributed by atoms with Gasteiger partial charge in [-0.15, -0.1) is 0 Å². The summed E-state index contributed by atoms with van der Waals surface area (Å²) < 4.78 is 0. The third-order valence-electron chi connectivity index (χ3n) is 2.25. The summed E-state index contributed by atoms with van der Waals surface area (Å²) in [5.41, 5.74) is 1.47. The molecular weight excluding hydrogens is 202 g/mol. The van der Waals surface area contributed by atoms with Crippen LogP contribution in [-0.2, 0) is 0 Å². The molecule has 0 saturated heterocycles. The molecule has 82 valence electrons. The van der Waals surface area contributed by atoms with Crippen LogP contribution < -0.4 is 4.90 Å². The van der Waals surface area contributed by atoms with E-state index in [4.69, 9.17) is 10.5 Å². The van der Waals surface area contributed by atoms with Gasteiger partial charge < -0.3 is 10.0 Å². The first-order valence-electron chi connectivity index (χ1n) is 4.96. The van der Waals surface area contributed by atoms with E-state index in [2.05, 4.69) is 0 Å². The summed E-state index contributed by atoms with van der Waals surface area (Å²) in [6, 6.07) is 11.3. The number of nitrogens with zero attached hydrogens (tertiary/aromatic N) is 3. The highest BCUT2D eigenvalue weighted by Crippen LogP contribution is 2.25. The fraction of sp³-hybridized carbons (Fsp3) is 0.333. The van der Waals surface area contributed by atoms with Crippen molar-refractivity contribution < 1.29 is 5.11 Å². The van der Waals surface area contributed by atoms with Crippen LogP contribution in [0.3, 0.4) is 0 Å². The maximum absolute atomic E-state index is 9.60. The lowest BCUT2D eigenvalue weighted by molar-refractivity contribution is 0.199. The van der Waals surface area contributed by atoms with Crippen LogP contribution in [0.5, 0.6) is 0 Å². The fourth-order valence-corrected chi connectivity index (χ4v) is 1.53. The Hall–Kier alpha value is -2.04. The maximum atomic E-state index is 9.60. The van der Waals surface area contributed by atoms with Crippen LogP contribution in [0.1, 0.15) is 18.6 Å². The van der Waals surface area contributed by atoms with Gasteiger partial charge in [-0.05, 0) is 13.0 Å². The second kappa shape index (κ2) is 5.75. The van der Waals surface area contributed by atoms with Crippen LogP contribution in [0.25, 0.3) is 0 Å². The van der Waals surface area contributed by atoms with E-state index in [0.717, 1.165) is 11.3 Å². The highest BCUT2D eigenvalue weighted by molar-refractivity contribution is 5.55. The minimum atomic E-state index is -0.615. The molecule has 0 aromatic heterocycles. The van der Waals surface area contributed by atoms with Gasteiger partial charge in [0.15, 0.2) is 0 Å². The van der Waals surface area contributed by atoms with E-state index in [0.29, 0.717) is 0 Å². The molecule has 0 aliphatic heterocycles. The van der Waals surface area contributed by atoms with Crippen LogP contribution in [0.4, 0.5) is 5.69 Å². The summed E-state index contributed by atoms with van der Waals surface area (Å²) in [7, 11) is 0. The van der Waals surface area contributed by atoms with Crippen molar-refractivity contribution in [1.29, 1.82) is 10.5 Å². The molecular formula is C12H13N3O. The van der Waals surface area contributed by atoms with E-state index in [1.807, 2.05) is 24.3 Å². The Morgan fingerprint density at radius 3 is 2.31 bits per heavy atom. The normalized spacial score (nSPS) is 11.2. The maximum Gasteiger partial charge on any atom is 0.106 e. The third-order valence-corrected chi connectivity index (χ3v) is 2.25. The van der Waals surface area contributed by atoms with E-state index in [1.54, 1.807) is 24.0 Å². The van der Waals surface area contributed by atoms with Crippen molar-refractivity contribution >= 4 is 5.69 Å². The van der Waals surface area contributed by atoms with Gasteiger partial charge >= 0.3 is 0 Å². The molecule has 1 aromatic carbocycles. The van der Waals surface area contributed by atoms with E-state index in [-0.39, 0.29) is 13.1 Å². The zero-order valence-electron chi connectivity index (χ0n) is 9.09. The second-order valence-electron chi connectivity index (χ2n) is 3.41. The van der Waals surface area contributed by atoms with Gasteiger partial charge in [0.25, 0.3) is 0 Å². The average Bonchev–Trinajstić information content (AvgIpc) is 2.29. The first-order valence-corrected chi connectivity index (χ1v) is 4.96. The summed E-state index contributed by atoms with van der Waals surface area (Å²) in [6.45, 7) is 1.93. The lowest BCUT2D eigenvalue weighted by atomic mass is 10.1. The van der Waals surface area contributed by atoms with Gasteiger partial charge in [-0.25, -0.2) is 0 Å². The van der Waals surface area contributed by atoms with Gasteiger partial charge in [-0.3, -0.25) is 0 Å². The Balaban J connectivity index is 3.09. The number of hydrogen-bond acceptors (Lipinski definition) is 4. The summed E-state index contributed by atoms with van der Waals surface area (Å²) in [5.74, 6) is 0. The number of hydrogen-bond donors (Lipinski definition) is 1. The largest absolute Gasteiger partial charge is 0.389 e. The predicted molar refractivity (Wildman–Crippen MR) is 60.5 cm³/mol. The molecule has 0 heterocycles. The first kappa shape index (κ1) is 12.0. The van der Waals surface area contributed by atoms with E-state index in [1.165, 1.54) is 0 Å². The molecule has 0 amide bonds. The molecule has 4 nitrogen and oxygen atoms in total. The Labute approximate surface area is 95.0 Å². The number of aliphatic hydroxyl groups is 1. The molecule has 1 atom stereocenters. The monoisotopic (exact) mass is 215 g/mol. The van der Waals surface area contributed by atoms with Gasteiger partial charge in [0, 0.05) is 11.3 Å². The molecule has 0 spiro atoms. The number of nitriles is 2. The summed E-state index contributed by atoms with van der Waals surface area (Å²) >= 11 is 0. The lowest BCUT2D eigenvalue weighted by Gasteiger charge is -2.22. The Kier molecular flexibility index (Phi) is 4.32. The van der Waals surface area contributed by atoms with Crippen molar-refractivity contribution in [2.75, 3.05) is 18.0 Å². The van der Waals surface area contributed by atoms with Gasteiger partial charge in [0.1, 0.15) is 13.1 Å². The molecule has 1 aromatic rings. The summed E-state index contributed by atoms with van der Waals surface area (Å²) in [6.07, 6.45) is -0.615. The minimum absolute atomic E-state index is 0.136. The fourth-order valence-electron chi connectivity index (χ4n) is 1.53. The lowest BCUT2D eigenvalue weighted by Crippen LogP contribution is -2.25. The highest BCUT2D eigenvalue weighted by atomic mass is 16.3. The minimum Gasteiger partial charge on any atom is -0.389 e. The molecule has 0 unspecified atom stereocenters. The van der Waals surface area contributed by atoms with E-state index >= 15 is 0 Å². The van der Waals surface area contributed by atoms with Crippen molar-refractivity contribution in [2.45, 2.75) is 13.0 Å². The number of benzene rings is 1. The SMILES string of the molecule is C[C@H](O)c1ccccc1N(CC#N)CC#N. The topological polar surface area (TPSA) is 71.0 Å². The van der Waals surface area contributed by atoms with Crippen LogP contribution in [0.15, 0.2) is 24.3 Å². The number of anilines is 1. The zero-order valence-corrected chi connectivity index (χ0v) is 9.09. The molecule has 0 aliphatic carbocycles. The standard InChI is InChI=1S/C12H13N3O/c1-10(16)11-4-2-3-5-12(11)15(8-6-13)9-7-14/h2-5,10,16H,8-9H2,1H3/t10-/m0/s1. The number of para-hydroxylation sites is 1. The average molecular weight is 215 g/mol. The molecule has 0 fully saturated rings. The van der Waals surface area contributed by atoms with Gasteiger partial charge in [0.2, 0.25) is 0 Å². The van der Waals surface area contributed by atoms with Crippen molar-refractivity contribution in [2.24, 2.45) is 0 Å². The molecule has 1 rings (SSSR count). The number of rotatable bonds is 4. The number of aliphatic hydroxyl groups excluding tert-OH is 1. The predicted octanol–water partition coefficient (Wildman–Crippen LogP) is 1.59. The summed E-state index contributed by atoms with van der Waals surface area (Å²) in [5, 5.41) is 27.0. The van der Waals surface area contributed by atoms with Crippen molar-refractivity contribution in [3.05, 3.63) is 29.8 Å². The van der Waals surface area contributed by atoms with Gasteiger partial charge in [-0.2, -0.15) is 10.5 Å². The van der Waals surface area contributed by atoms with Crippen LogP contribution in [0, 0.1) is 22.7 Å². The molecule has 0 saturated carbocycles. The molecule has 0 radical (unpaired) electrons. The summed E-state index contributed by atoms with van der Waals surface area (Å²) in [4.78, 5) is 1.64. The molecule has 4 heteroatoms. The zero-order chi connectivity index (χ0) is 12.0. The third kappa shape index (κ3) is 2.73.